The van der Waals surface area contributed by atoms with Crippen LogP contribution in [0.25, 0.3) is 0 Å². The van der Waals surface area contributed by atoms with Gasteiger partial charge in [-0.1, -0.05) is 65.7 Å². The van der Waals surface area contributed by atoms with Crippen molar-refractivity contribution >= 4 is 29.4 Å². The first kappa shape index (κ1) is 25.8. The highest BCUT2D eigenvalue weighted by Gasteiger charge is 2.44. The van der Waals surface area contributed by atoms with Crippen molar-refractivity contribution in [2.75, 3.05) is 19.6 Å². The second-order valence-electron chi connectivity index (χ2n) is 9.31. The summed E-state index contributed by atoms with van der Waals surface area (Å²) in [7, 11) is 0. The molecule has 38 heavy (non-hydrogen) atoms. The molecule has 5 rings (SSSR count). The van der Waals surface area contributed by atoms with Crippen LogP contribution in [0.5, 0.6) is 0 Å². The number of nitrogens with one attached hydrogen (secondary N) is 1. The summed E-state index contributed by atoms with van der Waals surface area (Å²) < 4.78 is 39.8. The molecule has 6 nitrogen and oxygen atoms in total. The number of hydrogen-bond acceptors (Lipinski definition) is 3. The maximum absolute atomic E-state index is 14.1. The number of aryl methyl sites for hydroxylation is 1. The minimum Gasteiger partial charge on any atom is -0.353 e. The van der Waals surface area contributed by atoms with Crippen LogP contribution in [0.15, 0.2) is 77.8 Å². The van der Waals surface area contributed by atoms with Crippen molar-refractivity contribution in [3.8, 4) is 0 Å². The van der Waals surface area contributed by atoms with Crippen molar-refractivity contribution in [2.24, 2.45) is 4.99 Å². The third-order valence-corrected chi connectivity index (χ3v) is 6.86. The van der Waals surface area contributed by atoms with E-state index in [1.54, 1.807) is 29.2 Å². The van der Waals surface area contributed by atoms with E-state index in [2.05, 4.69) is 5.32 Å². The first-order chi connectivity index (χ1) is 18.1. The van der Waals surface area contributed by atoms with E-state index in [9.17, 15) is 22.8 Å². The molecule has 0 saturated carbocycles. The van der Waals surface area contributed by atoms with Crippen molar-refractivity contribution in [3.63, 3.8) is 0 Å². The lowest BCUT2D eigenvalue weighted by Gasteiger charge is -2.35. The van der Waals surface area contributed by atoms with E-state index in [0.29, 0.717) is 35.1 Å². The molecule has 1 N–H and O–H groups in total. The first-order valence-corrected chi connectivity index (χ1v) is 12.4. The monoisotopic (exact) mass is 540 g/mol. The Bertz CT molecular complexity index is 1410. The first-order valence-electron chi connectivity index (χ1n) is 12.0. The van der Waals surface area contributed by atoms with Gasteiger partial charge < -0.3 is 10.2 Å². The van der Waals surface area contributed by atoms with E-state index < -0.39 is 29.9 Å². The molecule has 3 amide bonds. The number of hydrogen-bond donors (Lipinski definition) is 1. The molecule has 0 spiro atoms. The SMILES string of the molecule is Cc1cccc(C2C(c3ccc(C(F)(F)F)cc3)N=C(c3cccc(Cl)c3)N2C(=O)N2CCNC(=O)C2)c1. The minimum absolute atomic E-state index is 0.107. The van der Waals surface area contributed by atoms with E-state index in [1.165, 1.54) is 17.0 Å². The van der Waals surface area contributed by atoms with Crippen LogP contribution in [0.3, 0.4) is 0 Å². The average molecular weight is 541 g/mol. The molecular weight excluding hydrogens is 517 g/mol. The summed E-state index contributed by atoms with van der Waals surface area (Å²) >= 11 is 6.28. The van der Waals surface area contributed by atoms with Gasteiger partial charge in [0.15, 0.2) is 0 Å². The summed E-state index contributed by atoms with van der Waals surface area (Å²) in [6.07, 6.45) is -4.48. The Hall–Kier alpha value is -3.85. The molecule has 1 saturated heterocycles. The molecule has 10 heteroatoms. The van der Waals surface area contributed by atoms with Gasteiger partial charge in [0.2, 0.25) is 5.91 Å². The largest absolute Gasteiger partial charge is 0.416 e. The van der Waals surface area contributed by atoms with Crippen LogP contribution < -0.4 is 5.32 Å². The molecule has 0 bridgehead atoms. The average Bonchev–Trinajstić information content (AvgIpc) is 3.28. The van der Waals surface area contributed by atoms with Crippen LogP contribution in [-0.2, 0) is 11.0 Å². The van der Waals surface area contributed by atoms with E-state index in [4.69, 9.17) is 16.6 Å². The number of carbonyl (C=O) groups is 2. The molecule has 2 unspecified atom stereocenters. The number of alkyl halides is 3. The molecule has 2 heterocycles. The lowest BCUT2D eigenvalue weighted by molar-refractivity contribution is -0.137. The van der Waals surface area contributed by atoms with Crippen LogP contribution in [0.1, 0.15) is 39.9 Å². The van der Waals surface area contributed by atoms with Gasteiger partial charge in [0.1, 0.15) is 18.4 Å². The standard InChI is InChI=1S/C28H24ClF3N4O2/c1-17-4-2-5-19(14-17)25-24(18-8-10-21(11-9-18)28(30,31)32)34-26(20-6-3-7-22(29)15-20)36(25)27(38)35-13-12-33-23(37)16-35/h2-11,14-15,24-25H,12-13,16H2,1H3,(H,33,37). The number of urea groups is 1. The molecular formula is C28H24ClF3N4O2. The molecule has 3 aromatic rings. The van der Waals surface area contributed by atoms with Crippen LogP contribution in [0, 0.1) is 6.92 Å². The Kier molecular flexibility index (Phi) is 6.88. The fourth-order valence-corrected chi connectivity index (χ4v) is 5.04. The fraction of sp³-hybridized carbons (Fsp3) is 0.250. The summed E-state index contributed by atoms with van der Waals surface area (Å²) in [5.41, 5.74) is 2.06. The number of piperazine rings is 1. The third kappa shape index (κ3) is 5.11. The molecule has 3 aromatic carbocycles. The van der Waals surface area contributed by atoms with Gasteiger partial charge in [-0.05, 0) is 42.3 Å². The van der Waals surface area contributed by atoms with E-state index in [0.717, 1.165) is 23.3 Å². The molecule has 196 valence electrons. The quantitative estimate of drug-likeness (QED) is 0.459. The van der Waals surface area contributed by atoms with Crippen molar-refractivity contribution < 1.29 is 22.8 Å². The van der Waals surface area contributed by atoms with E-state index >= 15 is 0 Å². The Labute approximate surface area is 222 Å². The van der Waals surface area contributed by atoms with Gasteiger partial charge >= 0.3 is 12.2 Å². The summed E-state index contributed by atoms with van der Waals surface area (Å²) in [6.45, 7) is 2.45. The number of amides is 3. The summed E-state index contributed by atoms with van der Waals surface area (Å²) in [5.74, 6) is 0.0660. The highest BCUT2D eigenvalue weighted by atomic mass is 35.5. The number of carbonyl (C=O) groups excluding carboxylic acids is 2. The molecule has 0 radical (unpaired) electrons. The molecule has 2 atom stereocenters. The van der Waals surface area contributed by atoms with Gasteiger partial charge in [-0.25, -0.2) is 4.79 Å². The maximum atomic E-state index is 14.1. The second kappa shape index (κ2) is 10.1. The van der Waals surface area contributed by atoms with Crippen LogP contribution in [-0.4, -0.2) is 47.2 Å². The lowest BCUT2D eigenvalue weighted by Crippen LogP contribution is -2.55. The van der Waals surface area contributed by atoms with Gasteiger partial charge in [-0.3, -0.25) is 14.7 Å². The maximum Gasteiger partial charge on any atom is 0.416 e. The summed E-state index contributed by atoms with van der Waals surface area (Å²) in [6, 6.07) is 17.6. The highest BCUT2D eigenvalue weighted by Crippen LogP contribution is 2.45. The number of nitrogens with zero attached hydrogens (tertiary/aromatic N) is 3. The summed E-state index contributed by atoms with van der Waals surface area (Å²) in [4.78, 5) is 34.1. The normalized spacial score (nSPS) is 19.8. The fourth-order valence-electron chi connectivity index (χ4n) is 4.85. The van der Waals surface area contributed by atoms with E-state index in [1.807, 2.05) is 31.2 Å². The molecule has 2 aliphatic heterocycles. The highest BCUT2D eigenvalue weighted by molar-refractivity contribution is 6.31. The Morgan fingerprint density at radius 1 is 1.03 bits per heavy atom. The number of rotatable bonds is 3. The molecule has 0 aromatic heterocycles. The Morgan fingerprint density at radius 2 is 1.76 bits per heavy atom. The van der Waals surface area contributed by atoms with Crippen molar-refractivity contribution in [2.45, 2.75) is 25.2 Å². The molecule has 1 fully saturated rings. The second-order valence-corrected chi connectivity index (χ2v) is 9.75. The molecule has 0 aliphatic carbocycles. The van der Waals surface area contributed by atoms with Crippen molar-refractivity contribution in [3.05, 3.63) is 106 Å². The Balaban J connectivity index is 1.67. The zero-order valence-corrected chi connectivity index (χ0v) is 21.1. The molecule has 2 aliphatic rings. The van der Waals surface area contributed by atoms with Crippen LogP contribution in [0.4, 0.5) is 18.0 Å². The zero-order chi connectivity index (χ0) is 27.0. The number of aliphatic imine (C=N–C) groups is 1. The van der Waals surface area contributed by atoms with Gasteiger partial charge in [-0.2, -0.15) is 13.2 Å². The van der Waals surface area contributed by atoms with Crippen molar-refractivity contribution in [1.29, 1.82) is 0 Å². The number of halogens is 4. The van der Waals surface area contributed by atoms with E-state index in [-0.39, 0.29) is 12.5 Å². The predicted octanol–water partition coefficient (Wildman–Crippen LogP) is 5.76. The van der Waals surface area contributed by atoms with Gasteiger partial charge in [0.25, 0.3) is 0 Å². The minimum atomic E-state index is -4.48. The van der Waals surface area contributed by atoms with Gasteiger partial charge in [0, 0.05) is 23.7 Å². The van der Waals surface area contributed by atoms with Crippen molar-refractivity contribution in [1.82, 2.24) is 15.1 Å². The summed E-state index contributed by atoms with van der Waals surface area (Å²) in [5, 5.41) is 3.16. The topological polar surface area (TPSA) is 65.0 Å². The third-order valence-electron chi connectivity index (χ3n) is 6.63. The number of amidine groups is 1. The van der Waals surface area contributed by atoms with Crippen LogP contribution in [0.2, 0.25) is 5.02 Å². The van der Waals surface area contributed by atoms with Gasteiger partial charge in [0.05, 0.1) is 11.6 Å². The predicted molar refractivity (Wildman–Crippen MR) is 138 cm³/mol. The lowest BCUT2D eigenvalue weighted by atomic mass is 9.92. The smallest absolute Gasteiger partial charge is 0.353 e. The van der Waals surface area contributed by atoms with Crippen LogP contribution >= 0.6 is 11.6 Å². The number of benzene rings is 3. The Morgan fingerprint density at radius 3 is 2.42 bits per heavy atom. The zero-order valence-electron chi connectivity index (χ0n) is 20.4. The van der Waals surface area contributed by atoms with Gasteiger partial charge in [-0.15, -0.1) is 0 Å².